The zero-order valence-corrected chi connectivity index (χ0v) is 7.31. The largest absolute Gasteiger partial charge is 0.464 e. The first kappa shape index (κ1) is 8.48. The summed E-state index contributed by atoms with van der Waals surface area (Å²) < 4.78 is 5.21. The third-order valence-corrected chi connectivity index (χ3v) is 1.85. The van der Waals surface area contributed by atoms with Gasteiger partial charge in [-0.2, -0.15) is 4.99 Å². The Kier molecular flexibility index (Phi) is 2.26. The van der Waals surface area contributed by atoms with E-state index in [-0.39, 0.29) is 0 Å². The number of benzene rings is 1. The van der Waals surface area contributed by atoms with Crippen molar-refractivity contribution in [2.24, 2.45) is 4.99 Å². The number of rotatable bonds is 2. The second kappa shape index (κ2) is 3.73. The molecule has 3 heteroatoms. The molecule has 0 bridgehead atoms. The van der Waals surface area contributed by atoms with Crippen LogP contribution in [0.2, 0.25) is 0 Å². The first-order valence-electron chi connectivity index (χ1n) is 4.12. The van der Waals surface area contributed by atoms with E-state index in [1.54, 1.807) is 18.4 Å². The normalized spacial score (nSPS) is 9.43. The van der Waals surface area contributed by atoms with E-state index in [4.69, 9.17) is 4.42 Å². The van der Waals surface area contributed by atoms with Crippen LogP contribution in [0.25, 0.3) is 11.3 Å². The first-order valence-corrected chi connectivity index (χ1v) is 4.12. The van der Waals surface area contributed by atoms with Crippen molar-refractivity contribution in [3.8, 4) is 11.3 Å². The fourth-order valence-corrected chi connectivity index (χ4v) is 1.20. The van der Waals surface area contributed by atoms with Crippen LogP contribution in [0.3, 0.4) is 0 Å². The maximum Gasteiger partial charge on any atom is 0.240 e. The smallest absolute Gasteiger partial charge is 0.240 e. The summed E-state index contributed by atoms with van der Waals surface area (Å²) in [6.45, 7) is 0. The number of carbonyl (C=O) groups excluding carboxylic acids is 1. The van der Waals surface area contributed by atoms with Gasteiger partial charge in [-0.1, -0.05) is 0 Å². The topological polar surface area (TPSA) is 42.6 Å². The van der Waals surface area contributed by atoms with Gasteiger partial charge < -0.3 is 4.42 Å². The predicted octanol–water partition coefficient (Wildman–Crippen LogP) is 2.91. The summed E-state index contributed by atoms with van der Waals surface area (Å²) >= 11 is 0. The van der Waals surface area contributed by atoms with Crippen molar-refractivity contribution in [3.05, 3.63) is 42.7 Å². The lowest BCUT2D eigenvalue weighted by molar-refractivity contribution is 0.565. The van der Waals surface area contributed by atoms with E-state index in [2.05, 4.69) is 4.99 Å². The van der Waals surface area contributed by atoms with Gasteiger partial charge in [-0.15, -0.1) is 0 Å². The van der Waals surface area contributed by atoms with Gasteiger partial charge in [-0.05, 0) is 36.4 Å². The Bertz CT molecular complexity index is 451. The second-order valence-corrected chi connectivity index (χ2v) is 2.73. The van der Waals surface area contributed by atoms with Crippen LogP contribution in [-0.2, 0) is 4.79 Å². The lowest BCUT2D eigenvalue weighted by Gasteiger charge is -1.95. The van der Waals surface area contributed by atoms with E-state index in [0.29, 0.717) is 5.69 Å². The number of isocyanates is 1. The molecule has 2 rings (SSSR count). The van der Waals surface area contributed by atoms with Crippen molar-refractivity contribution >= 4 is 11.8 Å². The summed E-state index contributed by atoms with van der Waals surface area (Å²) in [5.41, 5.74) is 1.55. The van der Waals surface area contributed by atoms with Gasteiger partial charge in [0.15, 0.2) is 0 Å². The van der Waals surface area contributed by atoms with E-state index >= 15 is 0 Å². The molecule has 0 saturated carbocycles. The minimum atomic E-state index is 0.593. The molecule has 0 amide bonds. The van der Waals surface area contributed by atoms with Crippen LogP contribution in [0.5, 0.6) is 0 Å². The molecule has 0 unspecified atom stereocenters. The third kappa shape index (κ3) is 1.63. The quantitative estimate of drug-likeness (QED) is 0.533. The van der Waals surface area contributed by atoms with Crippen LogP contribution in [0.15, 0.2) is 52.1 Å². The summed E-state index contributed by atoms with van der Waals surface area (Å²) in [5, 5.41) is 0. The number of hydrogen-bond donors (Lipinski definition) is 0. The van der Waals surface area contributed by atoms with Crippen molar-refractivity contribution < 1.29 is 9.21 Å². The Hall–Kier alpha value is -2.12. The molecule has 2 aromatic rings. The zero-order chi connectivity index (χ0) is 9.80. The Labute approximate surface area is 80.7 Å². The summed E-state index contributed by atoms with van der Waals surface area (Å²) in [7, 11) is 0. The molecule has 1 heterocycles. The molecule has 1 aromatic heterocycles. The SMILES string of the molecule is O=C=Nc1ccc(-c2ccco2)cc1. The number of nitrogens with zero attached hydrogens (tertiary/aromatic N) is 1. The van der Waals surface area contributed by atoms with Crippen LogP contribution in [0.4, 0.5) is 5.69 Å². The molecule has 0 aliphatic heterocycles. The van der Waals surface area contributed by atoms with Crippen molar-refractivity contribution in [1.82, 2.24) is 0 Å². The van der Waals surface area contributed by atoms with E-state index in [9.17, 15) is 4.79 Å². The maximum absolute atomic E-state index is 9.98. The molecule has 0 N–H and O–H groups in total. The molecular weight excluding hydrogens is 178 g/mol. The molecule has 0 radical (unpaired) electrons. The molecule has 0 spiro atoms. The van der Waals surface area contributed by atoms with Gasteiger partial charge >= 0.3 is 0 Å². The van der Waals surface area contributed by atoms with E-state index in [1.165, 1.54) is 6.08 Å². The molecule has 0 atom stereocenters. The van der Waals surface area contributed by atoms with E-state index in [0.717, 1.165) is 11.3 Å². The monoisotopic (exact) mass is 185 g/mol. The highest BCUT2D eigenvalue weighted by atomic mass is 16.3. The molecule has 0 aliphatic rings. The molecule has 0 fully saturated rings. The summed E-state index contributed by atoms with van der Waals surface area (Å²) in [5.74, 6) is 0.798. The fourth-order valence-electron chi connectivity index (χ4n) is 1.20. The summed E-state index contributed by atoms with van der Waals surface area (Å²) in [4.78, 5) is 13.5. The van der Waals surface area contributed by atoms with Crippen LogP contribution >= 0.6 is 0 Å². The highest BCUT2D eigenvalue weighted by Crippen LogP contribution is 2.22. The van der Waals surface area contributed by atoms with Gasteiger partial charge in [-0.25, -0.2) is 4.79 Å². The minimum Gasteiger partial charge on any atom is -0.464 e. The Morgan fingerprint density at radius 1 is 1.14 bits per heavy atom. The molecule has 1 aromatic carbocycles. The average molecular weight is 185 g/mol. The van der Waals surface area contributed by atoms with E-state index < -0.39 is 0 Å². The Balaban J connectivity index is 2.35. The summed E-state index contributed by atoms with van der Waals surface area (Å²) in [6, 6.07) is 10.9. The van der Waals surface area contributed by atoms with Gasteiger partial charge in [-0.3, -0.25) is 0 Å². The van der Waals surface area contributed by atoms with Gasteiger partial charge in [0.1, 0.15) is 5.76 Å². The lowest BCUT2D eigenvalue weighted by Crippen LogP contribution is -1.71. The zero-order valence-electron chi connectivity index (χ0n) is 7.31. The standard InChI is InChI=1S/C11H7NO2/c13-8-12-10-5-3-9(4-6-10)11-2-1-7-14-11/h1-7H. The number of furan rings is 1. The van der Waals surface area contributed by atoms with Crippen molar-refractivity contribution in [3.63, 3.8) is 0 Å². The van der Waals surface area contributed by atoms with Crippen molar-refractivity contribution in [1.29, 1.82) is 0 Å². The van der Waals surface area contributed by atoms with Crippen LogP contribution in [0, 0.1) is 0 Å². The molecule has 14 heavy (non-hydrogen) atoms. The lowest BCUT2D eigenvalue weighted by atomic mass is 10.1. The Morgan fingerprint density at radius 2 is 1.93 bits per heavy atom. The molecular formula is C11H7NO2. The number of aliphatic imine (C=N–C) groups is 1. The van der Waals surface area contributed by atoms with Crippen molar-refractivity contribution in [2.45, 2.75) is 0 Å². The Morgan fingerprint density at radius 3 is 2.50 bits per heavy atom. The van der Waals surface area contributed by atoms with Gasteiger partial charge in [0.25, 0.3) is 0 Å². The van der Waals surface area contributed by atoms with Gasteiger partial charge in [0, 0.05) is 5.56 Å². The van der Waals surface area contributed by atoms with Crippen LogP contribution < -0.4 is 0 Å². The minimum absolute atomic E-state index is 0.593. The maximum atomic E-state index is 9.98. The van der Waals surface area contributed by atoms with E-state index in [1.807, 2.05) is 24.3 Å². The molecule has 3 nitrogen and oxygen atoms in total. The predicted molar refractivity (Wildman–Crippen MR) is 51.9 cm³/mol. The first-order chi connectivity index (χ1) is 6.90. The van der Waals surface area contributed by atoms with Crippen molar-refractivity contribution in [2.75, 3.05) is 0 Å². The third-order valence-electron chi connectivity index (χ3n) is 1.85. The van der Waals surface area contributed by atoms with Crippen LogP contribution in [-0.4, -0.2) is 6.08 Å². The molecule has 0 aliphatic carbocycles. The van der Waals surface area contributed by atoms with Gasteiger partial charge in [0.2, 0.25) is 6.08 Å². The highest BCUT2D eigenvalue weighted by Gasteiger charge is 1.98. The fraction of sp³-hybridized carbons (Fsp3) is 0. The summed E-state index contributed by atoms with van der Waals surface area (Å²) in [6.07, 6.45) is 3.11. The van der Waals surface area contributed by atoms with Gasteiger partial charge in [0.05, 0.1) is 12.0 Å². The average Bonchev–Trinajstić information content (AvgIpc) is 2.72. The number of hydrogen-bond acceptors (Lipinski definition) is 3. The molecule has 68 valence electrons. The highest BCUT2D eigenvalue weighted by molar-refractivity contribution is 5.61. The van der Waals surface area contributed by atoms with Crippen LogP contribution in [0.1, 0.15) is 0 Å². The second-order valence-electron chi connectivity index (χ2n) is 2.73. The molecule has 0 saturated heterocycles.